The molecule has 2 N–H and O–H groups in total. The number of hydrogen-bond donors (Lipinski definition) is 1. The summed E-state index contributed by atoms with van der Waals surface area (Å²) in [5, 5.41) is 1.32. The molecule has 1 amide bonds. The highest BCUT2D eigenvalue weighted by molar-refractivity contribution is 8.00. The Morgan fingerprint density at radius 3 is 2.95 bits per heavy atom. The predicted octanol–water partition coefficient (Wildman–Crippen LogP) is 2.78. The van der Waals surface area contributed by atoms with Crippen molar-refractivity contribution in [2.24, 2.45) is 0 Å². The van der Waals surface area contributed by atoms with Gasteiger partial charge in [0, 0.05) is 29.0 Å². The van der Waals surface area contributed by atoms with Crippen LogP contribution in [0.25, 0.3) is 10.9 Å². The van der Waals surface area contributed by atoms with Gasteiger partial charge in [0.05, 0.1) is 11.1 Å². The van der Waals surface area contributed by atoms with Gasteiger partial charge >= 0.3 is 0 Å². The number of nitrogens with two attached hydrogens (primary N) is 1. The maximum absolute atomic E-state index is 13.0. The summed E-state index contributed by atoms with van der Waals surface area (Å²) in [5.41, 5.74) is 7.30. The Morgan fingerprint density at radius 1 is 1.38 bits per heavy atom. The second-order valence-corrected chi connectivity index (χ2v) is 6.91. The van der Waals surface area contributed by atoms with Crippen molar-refractivity contribution in [1.29, 1.82) is 0 Å². The van der Waals surface area contributed by atoms with E-state index >= 15 is 0 Å². The second kappa shape index (κ2) is 5.56. The Labute approximate surface area is 128 Å². The lowest BCUT2D eigenvalue weighted by Gasteiger charge is -2.37. The number of aromatic nitrogens is 1. The molecule has 0 saturated carbocycles. The Kier molecular flexibility index (Phi) is 3.76. The third-order valence-corrected chi connectivity index (χ3v) is 5.45. The monoisotopic (exact) mass is 301 g/mol. The zero-order valence-corrected chi connectivity index (χ0v) is 13.1. The fourth-order valence-electron chi connectivity index (χ4n) is 2.75. The molecule has 2 aromatic rings. The van der Waals surface area contributed by atoms with Gasteiger partial charge in [-0.05, 0) is 19.1 Å². The summed E-state index contributed by atoms with van der Waals surface area (Å²) in [4.78, 5) is 19.2. The second-order valence-electron chi connectivity index (χ2n) is 5.43. The van der Waals surface area contributed by atoms with E-state index in [2.05, 4.69) is 18.8 Å². The van der Waals surface area contributed by atoms with Crippen molar-refractivity contribution < 1.29 is 4.79 Å². The molecule has 21 heavy (non-hydrogen) atoms. The quantitative estimate of drug-likeness (QED) is 0.880. The first kappa shape index (κ1) is 14.2. The number of rotatable bonds is 1. The van der Waals surface area contributed by atoms with Crippen LogP contribution in [0.1, 0.15) is 24.2 Å². The van der Waals surface area contributed by atoms with Crippen LogP contribution in [0.3, 0.4) is 0 Å². The van der Waals surface area contributed by atoms with Crippen LogP contribution in [0.4, 0.5) is 5.82 Å². The molecule has 1 aromatic heterocycles. The van der Waals surface area contributed by atoms with Gasteiger partial charge in [-0.25, -0.2) is 4.98 Å². The van der Waals surface area contributed by atoms with Crippen LogP contribution in [0.15, 0.2) is 30.3 Å². The highest BCUT2D eigenvalue weighted by atomic mass is 32.2. The molecule has 1 saturated heterocycles. The number of carbonyl (C=O) groups excluding carboxylic acids is 1. The van der Waals surface area contributed by atoms with Crippen molar-refractivity contribution in [3.63, 3.8) is 0 Å². The van der Waals surface area contributed by atoms with Crippen LogP contribution >= 0.6 is 11.8 Å². The average Bonchev–Trinajstić information content (AvgIpc) is 2.48. The Hall–Kier alpha value is -1.75. The van der Waals surface area contributed by atoms with E-state index in [-0.39, 0.29) is 11.9 Å². The maximum atomic E-state index is 13.0. The van der Waals surface area contributed by atoms with Gasteiger partial charge in [-0.15, -0.1) is 0 Å². The number of nitrogen functional groups attached to an aromatic ring is 1. The number of amides is 1. The number of hydrogen-bond acceptors (Lipinski definition) is 4. The minimum atomic E-state index is 0.0555. The van der Waals surface area contributed by atoms with Crippen LogP contribution in [0.2, 0.25) is 0 Å². The standard InChI is InChI=1S/C16H19N3OS/c1-10-11(2)21-8-7-19(10)16(20)13-9-15(17)18-14-6-4-3-5-12(13)14/h3-6,9-11H,7-8H2,1-2H3,(H2,17,18). The van der Waals surface area contributed by atoms with Gasteiger partial charge in [0.1, 0.15) is 5.82 Å². The van der Waals surface area contributed by atoms with Crippen molar-refractivity contribution in [2.75, 3.05) is 18.0 Å². The highest BCUT2D eigenvalue weighted by Gasteiger charge is 2.30. The van der Waals surface area contributed by atoms with Gasteiger partial charge < -0.3 is 10.6 Å². The first-order valence-corrected chi connectivity index (χ1v) is 8.20. The molecule has 0 radical (unpaired) electrons. The average molecular weight is 301 g/mol. The molecule has 3 rings (SSSR count). The SMILES string of the molecule is CC1SCCN(C(=O)c2cc(N)nc3ccccc23)C1C. The van der Waals surface area contributed by atoms with Crippen LogP contribution in [0.5, 0.6) is 0 Å². The van der Waals surface area contributed by atoms with Crippen molar-refractivity contribution >= 4 is 34.4 Å². The van der Waals surface area contributed by atoms with E-state index in [0.717, 1.165) is 23.2 Å². The molecule has 0 aliphatic carbocycles. The lowest BCUT2D eigenvalue weighted by atomic mass is 10.1. The molecule has 2 atom stereocenters. The smallest absolute Gasteiger partial charge is 0.254 e. The minimum Gasteiger partial charge on any atom is -0.384 e. The van der Waals surface area contributed by atoms with E-state index in [1.54, 1.807) is 6.07 Å². The fourth-order valence-corrected chi connectivity index (χ4v) is 3.85. The topological polar surface area (TPSA) is 59.2 Å². The molecule has 0 bridgehead atoms. The van der Waals surface area contributed by atoms with E-state index in [1.165, 1.54) is 0 Å². The van der Waals surface area contributed by atoms with E-state index < -0.39 is 0 Å². The van der Waals surface area contributed by atoms with E-state index in [4.69, 9.17) is 5.73 Å². The number of anilines is 1. The summed E-state index contributed by atoms with van der Waals surface area (Å²) in [6, 6.07) is 9.58. The first-order chi connectivity index (χ1) is 10.1. The Balaban J connectivity index is 2.05. The molecule has 4 nitrogen and oxygen atoms in total. The zero-order chi connectivity index (χ0) is 15.0. The largest absolute Gasteiger partial charge is 0.384 e. The Morgan fingerprint density at radius 2 is 2.14 bits per heavy atom. The van der Waals surface area contributed by atoms with Gasteiger partial charge in [0.25, 0.3) is 5.91 Å². The summed E-state index contributed by atoms with van der Waals surface area (Å²) in [5.74, 6) is 1.43. The first-order valence-electron chi connectivity index (χ1n) is 7.16. The molecule has 1 aliphatic rings. The fraction of sp³-hybridized carbons (Fsp3) is 0.375. The number of benzene rings is 1. The number of fused-ring (bicyclic) bond motifs is 1. The molecule has 1 aliphatic heterocycles. The summed E-state index contributed by atoms with van der Waals surface area (Å²) in [6.07, 6.45) is 0. The molecule has 5 heteroatoms. The van der Waals surface area contributed by atoms with Crippen molar-refractivity contribution in [3.8, 4) is 0 Å². The maximum Gasteiger partial charge on any atom is 0.254 e. The van der Waals surface area contributed by atoms with E-state index in [0.29, 0.717) is 16.6 Å². The van der Waals surface area contributed by atoms with Crippen LogP contribution in [-0.2, 0) is 0 Å². The third-order valence-electron chi connectivity index (χ3n) is 4.11. The number of pyridine rings is 1. The summed E-state index contributed by atoms with van der Waals surface area (Å²) in [7, 11) is 0. The molecule has 1 aromatic carbocycles. The Bertz CT molecular complexity index is 688. The molecule has 1 fully saturated rings. The molecule has 2 heterocycles. The molecular weight excluding hydrogens is 282 g/mol. The highest BCUT2D eigenvalue weighted by Crippen LogP contribution is 2.28. The zero-order valence-electron chi connectivity index (χ0n) is 12.2. The van der Waals surface area contributed by atoms with Crippen molar-refractivity contribution in [2.45, 2.75) is 25.1 Å². The number of carbonyl (C=O) groups is 1. The van der Waals surface area contributed by atoms with E-state index in [1.807, 2.05) is 40.9 Å². The number of thioether (sulfide) groups is 1. The van der Waals surface area contributed by atoms with Gasteiger partial charge in [-0.1, -0.05) is 25.1 Å². The van der Waals surface area contributed by atoms with Crippen LogP contribution in [0, 0.1) is 0 Å². The normalized spacial score (nSPS) is 22.5. The van der Waals surface area contributed by atoms with Gasteiger partial charge in [-0.2, -0.15) is 11.8 Å². The van der Waals surface area contributed by atoms with Crippen LogP contribution in [-0.4, -0.2) is 39.4 Å². The predicted molar refractivity (Wildman–Crippen MR) is 88.6 cm³/mol. The summed E-state index contributed by atoms with van der Waals surface area (Å²) >= 11 is 1.92. The van der Waals surface area contributed by atoms with Crippen molar-refractivity contribution in [1.82, 2.24) is 9.88 Å². The number of nitrogens with zero attached hydrogens (tertiary/aromatic N) is 2. The number of para-hydroxylation sites is 1. The molecule has 110 valence electrons. The van der Waals surface area contributed by atoms with Gasteiger partial charge in [0.2, 0.25) is 0 Å². The molecule has 2 unspecified atom stereocenters. The molecular formula is C16H19N3OS. The summed E-state index contributed by atoms with van der Waals surface area (Å²) in [6.45, 7) is 5.07. The van der Waals surface area contributed by atoms with Crippen molar-refractivity contribution in [3.05, 3.63) is 35.9 Å². The van der Waals surface area contributed by atoms with Crippen LogP contribution < -0.4 is 5.73 Å². The summed E-state index contributed by atoms with van der Waals surface area (Å²) < 4.78 is 0. The molecule has 0 spiro atoms. The lowest BCUT2D eigenvalue weighted by molar-refractivity contribution is 0.0700. The van der Waals surface area contributed by atoms with E-state index in [9.17, 15) is 4.79 Å². The van der Waals surface area contributed by atoms with Gasteiger partial charge in [0.15, 0.2) is 0 Å². The lowest BCUT2D eigenvalue weighted by Crippen LogP contribution is -2.48. The minimum absolute atomic E-state index is 0.0555. The van der Waals surface area contributed by atoms with Gasteiger partial charge in [-0.3, -0.25) is 4.79 Å². The third kappa shape index (κ3) is 2.58.